The summed E-state index contributed by atoms with van der Waals surface area (Å²) in [5, 5.41) is 15.8. The zero-order chi connectivity index (χ0) is 24.7. The third-order valence-electron chi connectivity index (χ3n) is 4.87. The average molecular weight is 589 g/mol. The lowest BCUT2D eigenvalue weighted by atomic mass is 9.96. The molecule has 2 amide bonds. The van der Waals surface area contributed by atoms with E-state index in [-0.39, 0.29) is 11.7 Å². The van der Waals surface area contributed by atoms with E-state index in [0.29, 0.717) is 27.1 Å². The number of anilines is 3. The first kappa shape index (κ1) is 25.3. The number of hydrogen-bond acceptors (Lipinski definition) is 5. The summed E-state index contributed by atoms with van der Waals surface area (Å²) in [5.41, 5.74) is 7.75. The number of benzene rings is 3. The Labute approximate surface area is 214 Å². The van der Waals surface area contributed by atoms with Crippen LogP contribution in [0.5, 0.6) is 5.75 Å². The number of phenolic OH excluding ortho intramolecular Hbond substituents is 1. The normalized spacial score (nSPS) is 12.7. The number of rotatable bonds is 7. The molecule has 0 aromatic heterocycles. The van der Waals surface area contributed by atoms with Crippen LogP contribution in [0.15, 0.2) is 87.8 Å². The molecule has 3 aromatic rings. The Kier molecular flexibility index (Phi) is 8.72. The lowest BCUT2D eigenvalue weighted by Crippen LogP contribution is -2.21. The van der Waals surface area contributed by atoms with Crippen molar-refractivity contribution in [2.24, 2.45) is 5.92 Å². The number of nitrogen functional groups attached to an aromatic ring is 1. The highest BCUT2D eigenvalue weighted by Gasteiger charge is 2.25. The lowest BCUT2D eigenvalue weighted by molar-refractivity contribution is -0.111. The standard InChI is InChI=1S/C25H23Br2N3O4/c1-15(6-13-23(32)30-21-5-3-2-4-20(21)28)24(19-14-17(27)9-12-22(19)31)34-25(33)29-18-10-7-16(26)8-11-18/h2-15,24,31H,28H2,1H3,(H,29,33)(H,30,32)/b13-6+/t15-,24+/m0/s1. The highest BCUT2D eigenvalue weighted by atomic mass is 79.9. The second-order valence-electron chi connectivity index (χ2n) is 7.46. The van der Waals surface area contributed by atoms with Gasteiger partial charge in [0.05, 0.1) is 11.4 Å². The zero-order valence-electron chi connectivity index (χ0n) is 18.2. The molecule has 7 nitrogen and oxygen atoms in total. The molecule has 0 heterocycles. The summed E-state index contributed by atoms with van der Waals surface area (Å²) in [6, 6.07) is 18.8. The van der Waals surface area contributed by atoms with Crippen molar-refractivity contribution in [1.82, 2.24) is 0 Å². The number of amides is 2. The third-order valence-corrected chi connectivity index (χ3v) is 5.89. The number of phenols is 1. The van der Waals surface area contributed by atoms with Crippen molar-refractivity contribution >= 4 is 60.9 Å². The fraction of sp³-hybridized carbons (Fsp3) is 0.120. The van der Waals surface area contributed by atoms with Gasteiger partial charge in [-0.2, -0.15) is 0 Å². The zero-order valence-corrected chi connectivity index (χ0v) is 21.3. The number of aromatic hydroxyl groups is 1. The highest BCUT2D eigenvalue weighted by Crippen LogP contribution is 2.35. The number of para-hydroxylation sites is 2. The van der Waals surface area contributed by atoms with Gasteiger partial charge in [0.2, 0.25) is 5.91 Å². The molecule has 9 heteroatoms. The van der Waals surface area contributed by atoms with Gasteiger partial charge in [0, 0.05) is 26.1 Å². The van der Waals surface area contributed by atoms with Crippen molar-refractivity contribution in [1.29, 1.82) is 0 Å². The van der Waals surface area contributed by atoms with Gasteiger partial charge in [-0.25, -0.2) is 4.79 Å². The molecule has 5 N–H and O–H groups in total. The summed E-state index contributed by atoms with van der Waals surface area (Å²) < 4.78 is 7.27. The van der Waals surface area contributed by atoms with Crippen molar-refractivity contribution in [3.63, 3.8) is 0 Å². The van der Waals surface area contributed by atoms with Crippen LogP contribution in [-0.4, -0.2) is 17.1 Å². The maximum absolute atomic E-state index is 12.6. The fourth-order valence-electron chi connectivity index (χ4n) is 3.13. The maximum Gasteiger partial charge on any atom is 0.412 e. The second-order valence-corrected chi connectivity index (χ2v) is 9.29. The molecule has 176 valence electrons. The summed E-state index contributed by atoms with van der Waals surface area (Å²) >= 11 is 6.73. The monoisotopic (exact) mass is 587 g/mol. The molecule has 0 bridgehead atoms. The van der Waals surface area contributed by atoms with Gasteiger partial charge in [0.15, 0.2) is 0 Å². The van der Waals surface area contributed by atoms with E-state index in [1.807, 2.05) is 0 Å². The minimum absolute atomic E-state index is 0.0357. The minimum Gasteiger partial charge on any atom is -0.508 e. The predicted octanol–water partition coefficient (Wildman–Crippen LogP) is 6.62. The number of ether oxygens (including phenoxy) is 1. The van der Waals surface area contributed by atoms with E-state index in [1.165, 1.54) is 12.1 Å². The number of hydrogen-bond donors (Lipinski definition) is 4. The van der Waals surface area contributed by atoms with Crippen LogP contribution < -0.4 is 16.4 Å². The molecule has 0 saturated heterocycles. The molecule has 34 heavy (non-hydrogen) atoms. The molecule has 0 spiro atoms. The Hall–Kier alpha value is -3.30. The Morgan fingerprint density at radius 2 is 1.68 bits per heavy atom. The molecule has 2 atom stereocenters. The van der Waals surface area contributed by atoms with Gasteiger partial charge in [-0.1, -0.05) is 57.0 Å². The van der Waals surface area contributed by atoms with Gasteiger partial charge < -0.3 is 20.9 Å². The first-order valence-electron chi connectivity index (χ1n) is 10.3. The summed E-state index contributed by atoms with van der Waals surface area (Å²) in [7, 11) is 0. The maximum atomic E-state index is 12.6. The largest absolute Gasteiger partial charge is 0.508 e. The van der Waals surface area contributed by atoms with Crippen molar-refractivity contribution in [3.8, 4) is 5.75 Å². The fourth-order valence-corrected chi connectivity index (χ4v) is 3.77. The van der Waals surface area contributed by atoms with Crippen LogP contribution in [0, 0.1) is 5.92 Å². The van der Waals surface area contributed by atoms with E-state index >= 15 is 0 Å². The minimum atomic E-state index is -0.876. The van der Waals surface area contributed by atoms with Crippen LogP contribution in [0.2, 0.25) is 0 Å². The summed E-state index contributed by atoms with van der Waals surface area (Å²) in [4.78, 5) is 25.0. The van der Waals surface area contributed by atoms with E-state index in [2.05, 4.69) is 42.5 Å². The highest BCUT2D eigenvalue weighted by molar-refractivity contribution is 9.10. The third kappa shape index (κ3) is 7.10. The molecule has 3 aromatic carbocycles. The van der Waals surface area contributed by atoms with Gasteiger partial charge in [-0.15, -0.1) is 0 Å². The van der Waals surface area contributed by atoms with Crippen molar-refractivity contribution in [2.45, 2.75) is 13.0 Å². The summed E-state index contributed by atoms with van der Waals surface area (Å²) in [5.74, 6) is -0.887. The molecule has 0 aliphatic rings. The number of halogens is 2. The van der Waals surface area contributed by atoms with Crippen LogP contribution >= 0.6 is 31.9 Å². The first-order valence-corrected chi connectivity index (χ1v) is 11.9. The van der Waals surface area contributed by atoms with E-state index in [4.69, 9.17) is 10.5 Å². The molecule has 0 fully saturated rings. The van der Waals surface area contributed by atoms with E-state index in [0.717, 1.165) is 4.47 Å². The smallest absolute Gasteiger partial charge is 0.412 e. The predicted molar refractivity (Wildman–Crippen MR) is 141 cm³/mol. The Balaban J connectivity index is 1.78. The number of carbonyl (C=O) groups excluding carboxylic acids is 2. The van der Waals surface area contributed by atoms with E-state index < -0.39 is 18.1 Å². The van der Waals surface area contributed by atoms with Crippen molar-refractivity contribution < 1.29 is 19.4 Å². The van der Waals surface area contributed by atoms with E-state index in [1.54, 1.807) is 73.7 Å². The van der Waals surface area contributed by atoms with E-state index in [9.17, 15) is 14.7 Å². The van der Waals surface area contributed by atoms with Gasteiger partial charge in [-0.3, -0.25) is 10.1 Å². The molecule has 0 aliphatic heterocycles. The summed E-state index contributed by atoms with van der Waals surface area (Å²) in [6.45, 7) is 1.78. The molecule has 0 saturated carbocycles. The number of nitrogens with two attached hydrogens (primary N) is 1. The van der Waals surface area contributed by atoms with Crippen LogP contribution in [0.3, 0.4) is 0 Å². The topological polar surface area (TPSA) is 114 Å². The molecule has 0 unspecified atom stereocenters. The van der Waals surface area contributed by atoms with Crippen LogP contribution in [-0.2, 0) is 9.53 Å². The van der Waals surface area contributed by atoms with Gasteiger partial charge in [0.25, 0.3) is 0 Å². The Morgan fingerprint density at radius 1 is 1.00 bits per heavy atom. The van der Waals surface area contributed by atoms with Crippen molar-refractivity contribution in [3.05, 3.63) is 93.4 Å². The molecular formula is C25H23Br2N3O4. The summed E-state index contributed by atoms with van der Waals surface area (Å²) in [6.07, 6.45) is 1.37. The van der Waals surface area contributed by atoms with Crippen molar-refractivity contribution in [2.75, 3.05) is 16.4 Å². The Bertz CT molecular complexity index is 1200. The molecule has 0 radical (unpaired) electrons. The average Bonchev–Trinajstić information content (AvgIpc) is 2.80. The first-order chi connectivity index (χ1) is 16.2. The molecule has 3 rings (SSSR count). The SMILES string of the molecule is C[C@@H](/C=C/C(=O)Nc1ccccc1N)[C@@H](OC(=O)Nc1ccc(Br)cc1)c1cc(Br)ccc1O. The van der Waals surface area contributed by atoms with Gasteiger partial charge >= 0.3 is 6.09 Å². The number of nitrogens with one attached hydrogen (secondary N) is 2. The van der Waals surface area contributed by atoms with Crippen LogP contribution in [0.4, 0.5) is 21.9 Å². The Morgan fingerprint density at radius 3 is 2.38 bits per heavy atom. The van der Waals surface area contributed by atoms with Gasteiger partial charge in [0.1, 0.15) is 11.9 Å². The van der Waals surface area contributed by atoms with Gasteiger partial charge in [-0.05, 0) is 60.7 Å². The quantitative estimate of drug-likeness (QED) is 0.183. The molecule has 0 aliphatic carbocycles. The number of carbonyl (C=O) groups is 2. The molecular weight excluding hydrogens is 566 g/mol. The lowest BCUT2D eigenvalue weighted by Gasteiger charge is -2.23. The van der Waals surface area contributed by atoms with Crippen LogP contribution in [0.25, 0.3) is 0 Å². The van der Waals surface area contributed by atoms with Crippen LogP contribution in [0.1, 0.15) is 18.6 Å². The second kappa shape index (κ2) is 11.7.